The SMILES string of the molecule is CC(C)(C)c1sncc1Cl. The Labute approximate surface area is 70.2 Å². The van der Waals surface area contributed by atoms with Crippen LogP contribution in [0.1, 0.15) is 25.6 Å². The molecule has 0 aromatic carbocycles. The highest BCUT2D eigenvalue weighted by Gasteiger charge is 2.18. The van der Waals surface area contributed by atoms with Crippen LogP contribution in [-0.2, 0) is 5.41 Å². The van der Waals surface area contributed by atoms with E-state index in [9.17, 15) is 0 Å². The highest BCUT2D eigenvalue weighted by Crippen LogP contribution is 2.31. The van der Waals surface area contributed by atoms with Crippen molar-refractivity contribution in [3.63, 3.8) is 0 Å². The number of nitrogens with zero attached hydrogens (tertiary/aromatic N) is 1. The Morgan fingerprint density at radius 1 is 1.50 bits per heavy atom. The molecule has 56 valence electrons. The molecule has 1 aromatic rings. The maximum absolute atomic E-state index is 5.87. The third-order valence-electron chi connectivity index (χ3n) is 1.21. The molecule has 1 rings (SSSR count). The van der Waals surface area contributed by atoms with Crippen LogP contribution in [0.5, 0.6) is 0 Å². The van der Waals surface area contributed by atoms with E-state index in [0.717, 1.165) is 9.90 Å². The predicted octanol–water partition coefficient (Wildman–Crippen LogP) is 3.09. The summed E-state index contributed by atoms with van der Waals surface area (Å²) in [4.78, 5) is 1.16. The zero-order valence-electron chi connectivity index (χ0n) is 6.31. The molecular formula is C7H10ClNS. The van der Waals surface area contributed by atoms with E-state index < -0.39 is 0 Å². The lowest BCUT2D eigenvalue weighted by Crippen LogP contribution is -2.08. The van der Waals surface area contributed by atoms with Crippen molar-refractivity contribution in [2.45, 2.75) is 26.2 Å². The van der Waals surface area contributed by atoms with Crippen molar-refractivity contribution in [3.8, 4) is 0 Å². The Balaban J connectivity index is 3.05. The minimum absolute atomic E-state index is 0.137. The third-order valence-corrected chi connectivity index (χ3v) is 2.83. The summed E-state index contributed by atoms with van der Waals surface area (Å²) >= 11 is 7.35. The lowest BCUT2D eigenvalue weighted by molar-refractivity contribution is 0.604. The predicted molar refractivity (Wildman–Crippen MR) is 45.8 cm³/mol. The Kier molecular flexibility index (Phi) is 2.02. The molecule has 0 aliphatic heterocycles. The second-order valence-corrected chi connectivity index (χ2v) is 4.46. The first kappa shape index (κ1) is 8.02. The van der Waals surface area contributed by atoms with E-state index in [4.69, 9.17) is 11.6 Å². The molecule has 0 unspecified atom stereocenters. The van der Waals surface area contributed by atoms with Crippen LogP contribution >= 0.6 is 23.1 Å². The van der Waals surface area contributed by atoms with Crippen LogP contribution < -0.4 is 0 Å². The van der Waals surface area contributed by atoms with Gasteiger partial charge >= 0.3 is 0 Å². The Hall–Kier alpha value is -0.0800. The van der Waals surface area contributed by atoms with Crippen molar-refractivity contribution >= 4 is 23.1 Å². The fourth-order valence-corrected chi connectivity index (χ4v) is 1.89. The van der Waals surface area contributed by atoms with Gasteiger partial charge in [0.1, 0.15) is 0 Å². The van der Waals surface area contributed by atoms with Crippen molar-refractivity contribution in [2.75, 3.05) is 0 Å². The summed E-state index contributed by atoms with van der Waals surface area (Å²) in [6, 6.07) is 0. The van der Waals surface area contributed by atoms with Gasteiger partial charge in [0.15, 0.2) is 0 Å². The molecule has 0 N–H and O–H groups in total. The lowest BCUT2D eigenvalue weighted by Gasteiger charge is -2.15. The van der Waals surface area contributed by atoms with Gasteiger partial charge in [-0.05, 0) is 16.9 Å². The first-order valence-corrected chi connectivity index (χ1v) is 4.27. The summed E-state index contributed by atoms with van der Waals surface area (Å²) < 4.78 is 4.00. The van der Waals surface area contributed by atoms with Gasteiger partial charge in [0.25, 0.3) is 0 Å². The van der Waals surface area contributed by atoms with Crippen LogP contribution in [0.3, 0.4) is 0 Å². The maximum Gasteiger partial charge on any atom is 0.0751 e. The third kappa shape index (κ3) is 1.50. The molecular weight excluding hydrogens is 166 g/mol. The molecule has 0 aliphatic carbocycles. The van der Waals surface area contributed by atoms with Crippen LogP contribution in [0.15, 0.2) is 6.20 Å². The normalized spacial score (nSPS) is 12.0. The minimum Gasteiger partial charge on any atom is -0.199 e. The monoisotopic (exact) mass is 175 g/mol. The molecule has 0 atom stereocenters. The topological polar surface area (TPSA) is 12.9 Å². The first-order chi connectivity index (χ1) is 4.52. The second-order valence-electron chi connectivity index (χ2n) is 3.25. The average Bonchev–Trinajstić information content (AvgIpc) is 2.11. The molecule has 0 amide bonds. The van der Waals surface area contributed by atoms with E-state index in [1.165, 1.54) is 11.5 Å². The van der Waals surface area contributed by atoms with Crippen LogP contribution in [0.4, 0.5) is 0 Å². The second kappa shape index (κ2) is 2.51. The standard InChI is InChI=1S/C7H10ClNS/c1-7(2,3)6-5(8)4-9-10-6/h4H,1-3H3. The van der Waals surface area contributed by atoms with Crippen LogP contribution in [0.25, 0.3) is 0 Å². The molecule has 0 bridgehead atoms. The van der Waals surface area contributed by atoms with Gasteiger partial charge < -0.3 is 0 Å². The molecule has 0 saturated heterocycles. The number of aromatic nitrogens is 1. The summed E-state index contributed by atoms with van der Waals surface area (Å²) in [5.74, 6) is 0. The molecule has 1 heterocycles. The van der Waals surface area contributed by atoms with Crippen LogP contribution in [0, 0.1) is 0 Å². The van der Waals surface area contributed by atoms with Crippen LogP contribution in [0.2, 0.25) is 5.02 Å². The van der Waals surface area contributed by atoms with Gasteiger partial charge in [-0.3, -0.25) is 0 Å². The fraction of sp³-hybridized carbons (Fsp3) is 0.571. The molecule has 0 radical (unpaired) electrons. The molecule has 0 saturated carbocycles. The largest absolute Gasteiger partial charge is 0.199 e. The fourth-order valence-electron chi connectivity index (χ4n) is 0.723. The summed E-state index contributed by atoms with van der Waals surface area (Å²) in [7, 11) is 0. The smallest absolute Gasteiger partial charge is 0.0751 e. The maximum atomic E-state index is 5.87. The van der Waals surface area contributed by atoms with E-state index in [0.29, 0.717) is 0 Å². The zero-order valence-corrected chi connectivity index (χ0v) is 7.88. The molecule has 1 aromatic heterocycles. The van der Waals surface area contributed by atoms with E-state index in [1.807, 2.05) is 0 Å². The molecule has 0 aliphatic rings. The van der Waals surface area contributed by atoms with E-state index >= 15 is 0 Å². The summed E-state index contributed by atoms with van der Waals surface area (Å²) in [5, 5.41) is 0.789. The highest BCUT2D eigenvalue weighted by molar-refractivity contribution is 7.06. The van der Waals surface area contributed by atoms with E-state index in [2.05, 4.69) is 25.1 Å². The van der Waals surface area contributed by atoms with Crippen molar-refractivity contribution < 1.29 is 0 Å². The van der Waals surface area contributed by atoms with E-state index in [1.54, 1.807) is 6.20 Å². The van der Waals surface area contributed by atoms with Gasteiger partial charge in [-0.25, -0.2) is 0 Å². The Morgan fingerprint density at radius 2 is 2.10 bits per heavy atom. The lowest BCUT2D eigenvalue weighted by atomic mass is 9.95. The highest BCUT2D eigenvalue weighted by atomic mass is 35.5. The van der Waals surface area contributed by atoms with Gasteiger partial charge in [-0.1, -0.05) is 32.4 Å². The first-order valence-electron chi connectivity index (χ1n) is 3.12. The average molecular weight is 176 g/mol. The summed E-state index contributed by atoms with van der Waals surface area (Å²) in [6.45, 7) is 6.39. The van der Waals surface area contributed by atoms with Gasteiger partial charge in [-0.2, -0.15) is 4.37 Å². The quantitative estimate of drug-likeness (QED) is 0.591. The van der Waals surface area contributed by atoms with Gasteiger partial charge in [0, 0.05) is 4.88 Å². The van der Waals surface area contributed by atoms with Gasteiger partial charge in [0.05, 0.1) is 11.2 Å². The van der Waals surface area contributed by atoms with Gasteiger partial charge in [0.2, 0.25) is 0 Å². The minimum atomic E-state index is 0.137. The summed E-state index contributed by atoms with van der Waals surface area (Å²) in [6.07, 6.45) is 1.70. The Bertz CT molecular complexity index is 224. The number of hydrogen-bond acceptors (Lipinski definition) is 2. The molecule has 1 nitrogen and oxygen atoms in total. The number of halogens is 1. The van der Waals surface area contributed by atoms with Crippen LogP contribution in [-0.4, -0.2) is 4.37 Å². The van der Waals surface area contributed by atoms with Crippen molar-refractivity contribution in [1.82, 2.24) is 4.37 Å². The molecule has 0 fully saturated rings. The number of hydrogen-bond donors (Lipinski definition) is 0. The van der Waals surface area contributed by atoms with Gasteiger partial charge in [-0.15, -0.1) is 0 Å². The van der Waals surface area contributed by atoms with Crippen molar-refractivity contribution in [1.29, 1.82) is 0 Å². The Morgan fingerprint density at radius 3 is 2.30 bits per heavy atom. The molecule has 0 spiro atoms. The summed E-state index contributed by atoms with van der Waals surface area (Å²) in [5.41, 5.74) is 0.137. The molecule has 3 heteroatoms. The zero-order chi connectivity index (χ0) is 7.78. The number of rotatable bonds is 0. The molecule has 10 heavy (non-hydrogen) atoms. The van der Waals surface area contributed by atoms with Crippen molar-refractivity contribution in [2.24, 2.45) is 0 Å². The van der Waals surface area contributed by atoms with E-state index in [-0.39, 0.29) is 5.41 Å². The van der Waals surface area contributed by atoms with Crippen molar-refractivity contribution in [3.05, 3.63) is 16.1 Å².